The minimum atomic E-state index is -0.00228. The van der Waals surface area contributed by atoms with Crippen LogP contribution in [0.5, 0.6) is 0 Å². The number of nitrogens with zero attached hydrogens (tertiary/aromatic N) is 3. The Hall–Kier alpha value is -2.30. The van der Waals surface area contributed by atoms with E-state index in [2.05, 4.69) is 10.4 Å². The van der Waals surface area contributed by atoms with Gasteiger partial charge in [-0.3, -0.25) is 4.68 Å². The van der Waals surface area contributed by atoms with Gasteiger partial charge in [0.05, 0.1) is 6.20 Å². The van der Waals surface area contributed by atoms with Crippen molar-refractivity contribution in [2.75, 3.05) is 13.1 Å². The first-order chi connectivity index (χ1) is 10.7. The summed E-state index contributed by atoms with van der Waals surface area (Å²) in [5.74, 6) is 0. The van der Waals surface area contributed by atoms with Crippen molar-refractivity contribution in [3.8, 4) is 0 Å². The second-order valence-corrected chi connectivity index (χ2v) is 5.36. The Morgan fingerprint density at radius 2 is 2.05 bits per heavy atom. The van der Waals surface area contributed by atoms with Gasteiger partial charge >= 0.3 is 6.03 Å². The number of benzene rings is 1. The van der Waals surface area contributed by atoms with Gasteiger partial charge in [-0.05, 0) is 30.9 Å². The van der Waals surface area contributed by atoms with Crippen LogP contribution in [-0.2, 0) is 20.0 Å². The minimum Gasteiger partial charge on any atom is -0.338 e. The van der Waals surface area contributed by atoms with Crippen molar-refractivity contribution in [1.82, 2.24) is 20.0 Å². The van der Waals surface area contributed by atoms with Crippen LogP contribution < -0.4 is 5.32 Å². The Bertz CT molecular complexity index is 579. The summed E-state index contributed by atoms with van der Waals surface area (Å²) in [6, 6.07) is 10.1. The number of aryl methyl sites for hydroxylation is 2. The average Bonchev–Trinajstić information content (AvgIpc) is 2.95. The normalized spacial score (nSPS) is 10.5. The molecule has 1 aromatic heterocycles. The molecule has 0 fully saturated rings. The lowest BCUT2D eigenvalue weighted by Crippen LogP contribution is -2.39. The molecule has 1 N–H and O–H groups in total. The van der Waals surface area contributed by atoms with Crippen LogP contribution in [0, 0.1) is 0 Å². The Labute approximate surface area is 131 Å². The minimum absolute atomic E-state index is 0.00228. The number of aromatic nitrogens is 2. The first-order valence-electron chi connectivity index (χ1n) is 7.73. The highest BCUT2D eigenvalue weighted by molar-refractivity contribution is 5.74. The average molecular weight is 300 g/mol. The van der Waals surface area contributed by atoms with Crippen molar-refractivity contribution in [3.63, 3.8) is 0 Å². The number of rotatable bonds is 7. The van der Waals surface area contributed by atoms with E-state index in [4.69, 9.17) is 0 Å². The second kappa shape index (κ2) is 8.22. The maximum absolute atomic E-state index is 12.2. The van der Waals surface area contributed by atoms with E-state index in [1.54, 1.807) is 4.68 Å². The molecule has 2 amide bonds. The van der Waals surface area contributed by atoms with Crippen molar-refractivity contribution >= 4 is 6.03 Å². The summed E-state index contributed by atoms with van der Waals surface area (Å²) in [4.78, 5) is 14.0. The fourth-order valence-electron chi connectivity index (χ4n) is 2.33. The number of carbonyl (C=O) groups is 1. The highest BCUT2D eigenvalue weighted by Gasteiger charge is 2.11. The Morgan fingerprint density at radius 1 is 1.27 bits per heavy atom. The van der Waals surface area contributed by atoms with Crippen LogP contribution in [0.25, 0.3) is 0 Å². The molecular weight excluding hydrogens is 276 g/mol. The monoisotopic (exact) mass is 300 g/mol. The van der Waals surface area contributed by atoms with Gasteiger partial charge in [0, 0.05) is 32.9 Å². The predicted octanol–water partition coefficient (Wildman–Crippen LogP) is 2.58. The highest BCUT2D eigenvalue weighted by atomic mass is 16.2. The number of hydrogen-bond donors (Lipinski definition) is 1. The van der Waals surface area contributed by atoms with Crippen molar-refractivity contribution in [1.29, 1.82) is 0 Å². The molecule has 0 unspecified atom stereocenters. The van der Waals surface area contributed by atoms with E-state index in [0.717, 1.165) is 18.4 Å². The number of amides is 2. The number of urea groups is 1. The van der Waals surface area contributed by atoms with Crippen molar-refractivity contribution in [2.45, 2.75) is 26.3 Å². The molecule has 1 heterocycles. The van der Waals surface area contributed by atoms with Crippen LogP contribution >= 0.6 is 0 Å². The summed E-state index contributed by atoms with van der Waals surface area (Å²) in [6.07, 6.45) is 5.73. The molecule has 0 aliphatic rings. The van der Waals surface area contributed by atoms with Crippen LogP contribution in [0.2, 0.25) is 0 Å². The van der Waals surface area contributed by atoms with Gasteiger partial charge in [0.25, 0.3) is 0 Å². The fraction of sp³-hybridized carbons (Fsp3) is 0.412. The van der Waals surface area contributed by atoms with Gasteiger partial charge in [0.15, 0.2) is 0 Å². The SMILES string of the molecule is CCN(Cc1ccccc1)C(=O)NCCCc1cnn(C)c1. The van der Waals surface area contributed by atoms with Gasteiger partial charge in [-0.25, -0.2) is 4.79 Å². The first kappa shape index (κ1) is 16.1. The largest absolute Gasteiger partial charge is 0.338 e. The van der Waals surface area contributed by atoms with Crippen LogP contribution in [0.3, 0.4) is 0 Å². The van der Waals surface area contributed by atoms with Gasteiger partial charge in [-0.15, -0.1) is 0 Å². The summed E-state index contributed by atoms with van der Waals surface area (Å²) in [5.41, 5.74) is 2.35. The lowest BCUT2D eigenvalue weighted by molar-refractivity contribution is 0.198. The molecule has 0 saturated heterocycles. The maximum atomic E-state index is 12.2. The van der Waals surface area contributed by atoms with Crippen LogP contribution in [-0.4, -0.2) is 33.8 Å². The molecule has 0 saturated carbocycles. The van der Waals surface area contributed by atoms with Crippen LogP contribution in [0.15, 0.2) is 42.7 Å². The summed E-state index contributed by atoms with van der Waals surface area (Å²) in [6.45, 7) is 4.02. The van der Waals surface area contributed by atoms with E-state index in [1.807, 2.05) is 61.6 Å². The van der Waals surface area contributed by atoms with Gasteiger partial charge in [0.1, 0.15) is 0 Å². The van der Waals surface area contributed by atoms with Gasteiger partial charge in [-0.1, -0.05) is 30.3 Å². The standard InChI is InChI=1S/C17H24N4O/c1-3-21(14-15-8-5-4-6-9-15)17(22)18-11-7-10-16-12-19-20(2)13-16/h4-6,8-9,12-13H,3,7,10-11,14H2,1-2H3,(H,18,22). The second-order valence-electron chi connectivity index (χ2n) is 5.36. The number of carbonyl (C=O) groups excluding carboxylic acids is 1. The van der Waals surface area contributed by atoms with E-state index in [-0.39, 0.29) is 6.03 Å². The molecule has 5 heteroatoms. The Kier molecular flexibility index (Phi) is 6.01. The summed E-state index contributed by atoms with van der Waals surface area (Å²) in [5, 5.41) is 7.13. The van der Waals surface area contributed by atoms with Crippen LogP contribution in [0.4, 0.5) is 4.79 Å². The molecule has 0 bridgehead atoms. The third-order valence-corrected chi connectivity index (χ3v) is 3.56. The van der Waals surface area contributed by atoms with E-state index < -0.39 is 0 Å². The van der Waals surface area contributed by atoms with Gasteiger partial charge in [0.2, 0.25) is 0 Å². The molecule has 0 radical (unpaired) electrons. The van der Waals surface area contributed by atoms with E-state index in [0.29, 0.717) is 19.6 Å². The fourth-order valence-corrected chi connectivity index (χ4v) is 2.33. The topological polar surface area (TPSA) is 50.2 Å². The molecule has 1 aromatic carbocycles. The highest BCUT2D eigenvalue weighted by Crippen LogP contribution is 2.05. The third kappa shape index (κ3) is 4.91. The van der Waals surface area contributed by atoms with Crippen molar-refractivity contribution in [3.05, 3.63) is 53.9 Å². The molecule has 2 aromatic rings. The molecule has 0 aliphatic carbocycles. The summed E-state index contributed by atoms with van der Waals surface area (Å²) in [7, 11) is 1.91. The summed E-state index contributed by atoms with van der Waals surface area (Å²) >= 11 is 0. The molecule has 118 valence electrons. The summed E-state index contributed by atoms with van der Waals surface area (Å²) < 4.78 is 1.80. The molecule has 0 spiro atoms. The quantitative estimate of drug-likeness (QED) is 0.799. The molecule has 2 rings (SSSR count). The molecule has 0 aliphatic heterocycles. The first-order valence-corrected chi connectivity index (χ1v) is 7.73. The lowest BCUT2D eigenvalue weighted by Gasteiger charge is -2.21. The zero-order chi connectivity index (χ0) is 15.8. The van der Waals surface area contributed by atoms with Crippen LogP contribution in [0.1, 0.15) is 24.5 Å². The van der Waals surface area contributed by atoms with E-state index in [1.165, 1.54) is 5.56 Å². The zero-order valence-corrected chi connectivity index (χ0v) is 13.3. The van der Waals surface area contributed by atoms with Gasteiger partial charge in [-0.2, -0.15) is 5.10 Å². The Morgan fingerprint density at radius 3 is 2.68 bits per heavy atom. The van der Waals surface area contributed by atoms with Crippen molar-refractivity contribution < 1.29 is 4.79 Å². The molecule has 22 heavy (non-hydrogen) atoms. The maximum Gasteiger partial charge on any atom is 0.317 e. The Balaban J connectivity index is 1.72. The molecule has 0 atom stereocenters. The van der Waals surface area contributed by atoms with Gasteiger partial charge < -0.3 is 10.2 Å². The number of hydrogen-bond acceptors (Lipinski definition) is 2. The van der Waals surface area contributed by atoms with E-state index in [9.17, 15) is 4.79 Å². The molecular formula is C17H24N4O. The predicted molar refractivity (Wildman–Crippen MR) is 87.5 cm³/mol. The smallest absolute Gasteiger partial charge is 0.317 e. The molecule has 5 nitrogen and oxygen atoms in total. The van der Waals surface area contributed by atoms with E-state index >= 15 is 0 Å². The third-order valence-electron chi connectivity index (χ3n) is 3.56. The number of nitrogens with one attached hydrogen (secondary N) is 1. The van der Waals surface area contributed by atoms with Crippen molar-refractivity contribution in [2.24, 2.45) is 7.05 Å². The zero-order valence-electron chi connectivity index (χ0n) is 13.3. The lowest BCUT2D eigenvalue weighted by atomic mass is 10.2.